The van der Waals surface area contributed by atoms with E-state index in [0.29, 0.717) is 12.0 Å². The number of amides is 1. The third-order valence-corrected chi connectivity index (χ3v) is 4.80. The Morgan fingerprint density at radius 1 is 1.47 bits per heavy atom. The molecule has 3 heterocycles. The van der Waals surface area contributed by atoms with E-state index in [9.17, 15) is 4.79 Å². The maximum absolute atomic E-state index is 12.3. The third kappa shape index (κ3) is 3.21. The van der Waals surface area contributed by atoms with E-state index in [1.54, 1.807) is 5.51 Å². The van der Waals surface area contributed by atoms with Crippen LogP contribution in [0.1, 0.15) is 28.2 Å². The van der Waals surface area contributed by atoms with Gasteiger partial charge < -0.3 is 10.2 Å². The van der Waals surface area contributed by atoms with Crippen LogP contribution in [0, 0.1) is 12.8 Å². The van der Waals surface area contributed by atoms with E-state index in [4.69, 9.17) is 0 Å². The van der Waals surface area contributed by atoms with Gasteiger partial charge in [-0.2, -0.15) is 0 Å². The molecule has 0 bridgehead atoms. The number of aromatic nitrogens is 1. The van der Waals surface area contributed by atoms with E-state index in [1.807, 2.05) is 11.8 Å². The lowest BCUT2D eigenvalue weighted by atomic mass is 9.93. The van der Waals surface area contributed by atoms with Gasteiger partial charge in [-0.1, -0.05) is 0 Å². The van der Waals surface area contributed by atoms with E-state index in [-0.39, 0.29) is 30.7 Å². The van der Waals surface area contributed by atoms with Gasteiger partial charge in [0.05, 0.1) is 11.2 Å². The van der Waals surface area contributed by atoms with Crippen LogP contribution in [-0.2, 0) is 0 Å². The molecule has 4 nitrogen and oxygen atoms in total. The lowest BCUT2D eigenvalue weighted by Gasteiger charge is -2.34. The summed E-state index contributed by atoms with van der Waals surface area (Å²) in [6, 6.07) is 0.640. The van der Waals surface area contributed by atoms with Crippen molar-refractivity contribution in [1.29, 1.82) is 0 Å². The highest BCUT2D eigenvalue weighted by Gasteiger charge is 2.35. The third-order valence-electron chi connectivity index (χ3n) is 3.88. The number of aryl methyl sites for hydroxylation is 1. The van der Waals surface area contributed by atoms with Crippen molar-refractivity contribution in [2.45, 2.75) is 25.8 Å². The van der Waals surface area contributed by atoms with Crippen molar-refractivity contribution < 1.29 is 4.79 Å². The fourth-order valence-electron chi connectivity index (χ4n) is 2.88. The Balaban J connectivity index is 0.000000902. The van der Waals surface area contributed by atoms with Crippen molar-refractivity contribution in [3.05, 3.63) is 16.1 Å². The van der Waals surface area contributed by atoms with Gasteiger partial charge in [-0.25, -0.2) is 4.98 Å². The molecule has 19 heavy (non-hydrogen) atoms. The number of carbonyl (C=O) groups excluding carboxylic acids is 1. The highest BCUT2D eigenvalue weighted by atomic mass is 35.5. The minimum Gasteiger partial charge on any atom is -0.337 e. The highest BCUT2D eigenvalue weighted by Crippen LogP contribution is 2.26. The summed E-state index contributed by atoms with van der Waals surface area (Å²) in [5, 5.41) is 3.52. The average molecular weight is 324 g/mol. The zero-order valence-corrected chi connectivity index (χ0v) is 13.2. The van der Waals surface area contributed by atoms with Crippen LogP contribution in [0.3, 0.4) is 0 Å². The summed E-state index contributed by atoms with van der Waals surface area (Å²) in [6.07, 6.45) is 2.30. The van der Waals surface area contributed by atoms with E-state index in [2.05, 4.69) is 10.3 Å². The lowest BCUT2D eigenvalue weighted by molar-refractivity contribution is 0.0666. The number of likely N-dealkylation sites (tertiary alicyclic amines) is 1. The monoisotopic (exact) mass is 323 g/mol. The molecule has 7 heteroatoms. The molecule has 2 fully saturated rings. The fourth-order valence-corrected chi connectivity index (χ4v) is 3.65. The first-order valence-corrected chi connectivity index (χ1v) is 7.06. The molecule has 2 unspecified atom stereocenters. The summed E-state index contributed by atoms with van der Waals surface area (Å²) in [7, 11) is 0. The predicted molar refractivity (Wildman–Crippen MR) is 81.8 cm³/mol. The zero-order valence-electron chi connectivity index (χ0n) is 10.8. The Morgan fingerprint density at radius 3 is 2.95 bits per heavy atom. The van der Waals surface area contributed by atoms with E-state index < -0.39 is 0 Å². The second-order valence-electron chi connectivity index (χ2n) is 4.92. The Kier molecular flexibility index (Phi) is 6.05. The normalized spacial score (nSPS) is 25.2. The molecule has 108 valence electrons. The minimum atomic E-state index is 0. The Labute approximate surface area is 129 Å². The number of nitrogens with one attached hydrogen (secondary N) is 1. The molecule has 0 spiro atoms. The Hall–Kier alpha value is -0.360. The van der Waals surface area contributed by atoms with Crippen LogP contribution in [0.25, 0.3) is 0 Å². The van der Waals surface area contributed by atoms with Gasteiger partial charge in [0.15, 0.2) is 0 Å². The highest BCUT2D eigenvalue weighted by molar-refractivity contribution is 7.11. The van der Waals surface area contributed by atoms with Crippen molar-refractivity contribution >= 4 is 42.1 Å². The van der Waals surface area contributed by atoms with Crippen molar-refractivity contribution in [3.63, 3.8) is 0 Å². The van der Waals surface area contributed by atoms with Crippen molar-refractivity contribution in [2.75, 3.05) is 19.6 Å². The number of rotatable bonds is 1. The number of carbonyl (C=O) groups is 1. The number of piperidine rings is 1. The summed E-state index contributed by atoms with van der Waals surface area (Å²) in [6.45, 7) is 4.81. The first-order valence-electron chi connectivity index (χ1n) is 6.18. The average Bonchev–Trinajstić information content (AvgIpc) is 2.95. The number of thiazole rings is 1. The summed E-state index contributed by atoms with van der Waals surface area (Å²) < 4.78 is 0. The van der Waals surface area contributed by atoms with Crippen molar-refractivity contribution in [1.82, 2.24) is 15.2 Å². The van der Waals surface area contributed by atoms with Crippen LogP contribution in [-0.4, -0.2) is 41.5 Å². The number of hydrogen-bond acceptors (Lipinski definition) is 4. The molecule has 3 rings (SSSR count). The predicted octanol–water partition coefficient (Wildman–Crippen LogP) is 2.12. The molecular weight excluding hydrogens is 305 g/mol. The van der Waals surface area contributed by atoms with Gasteiger partial charge in [-0.05, 0) is 32.2 Å². The number of fused-ring (bicyclic) bond motifs is 1. The molecule has 2 aliphatic rings. The summed E-state index contributed by atoms with van der Waals surface area (Å²) in [5.74, 6) is 0.830. The van der Waals surface area contributed by atoms with Crippen LogP contribution >= 0.6 is 36.2 Å². The molecular formula is C12H19Cl2N3OS. The molecule has 2 atom stereocenters. The maximum Gasteiger partial charge on any atom is 0.265 e. The van der Waals surface area contributed by atoms with Gasteiger partial charge >= 0.3 is 0 Å². The Morgan fingerprint density at radius 2 is 2.26 bits per heavy atom. The molecule has 0 aromatic carbocycles. The lowest BCUT2D eigenvalue weighted by Crippen LogP contribution is -2.46. The van der Waals surface area contributed by atoms with Gasteiger partial charge in [0.1, 0.15) is 4.88 Å². The second-order valence-corrected chi connectivity index (χ2v) is 5.77. The number of nitrogens with zero attached hydrogens (tertiary/aromatic N) is 2. The van der Waals surface area contributed by atoms with Crippen molar-refractivity contribution in [3.8, 4) is 0 Å². The minimum absolute atomic E-state index is 0. The van der Waals surface area contributed by atoms with Gasteiger partial charge in [-0.15, -0.1) is 36.2 Å². The molecule has 1 aromatic rings. The fraction of sp³-hybridized carbons (Fsp3) is 0.667. The largest absolute Gasteiger partial charge is 0.337 e. The molecule has 0 aliphatic carbocycles. The molecule has 0 saturated carbocycles. The molecule has 1 amide bonds. The smallest absolute Gasteiger partial charge is 0.265 e. The number of halogens is 2. The van der Waals surface area contributed by atoms with E-state index >= 15 is 0 Å². The zero-order chi connectivity index (χ0) is 11.8. The Bertz CT molecular complexity index is 440. The van der Waals surface area contributed by atoms with Crippen molar-refractivity contribution in [2.24, 2.45) is 5.92 Å². The summed E-state index contributed by atoms with van der Waals surface area (Å²) in [5.41, 5.74) is 2.62. The molecule has 2 aliphatic heterocycles. The van der Waals surface area contributed by atoms with E-state index in [1.165, 1.54) is 17.8 Å². The van der Waals surface area contributed by atoms with Crippen LogP contribution in [0.4, 0.5) is 0 Å². The summed E-state index contributed by atoms with van der Waals surface area (Å²) >= 11 is 1.46. The van der Waals surface area contributed by atoms with E-state index in [0.717, 1.165) is 36.6 Å². The van der Waals surface area contributed by atoms with Crippen LogP contribution in [0.2, 0.25) is 0 Å². The molecule has 1 N–H and O–H groups in total. The standard InChI is InChI=1S/C12H17N3OS.2ClH/c1-8-11(17-7-14-8)12(16)15-5-3-10-9(6-15)2-4-13-10;;/h7,9-10,13H,2-6H2,1H3;2*1H. The first-order chi connectivity index (χ1) is 8.25. The molecule has 0 radical (unpaired) electrons. The maximum atomic E-state index is 12.3. The van der Waals surface area contributed by atoms with Crippen LogP contribution < -0.4 is 5.32 Å². The number of hydrogen-bond donors (Lipinski definition) is 1. The van der Waals surface area contributed by atoms with Gasteiger partial charge in [0.2, 0.25) is 0 Å². The van der Waals surface area contributed by atoms with Crippen LogP contribution in [0.5, 0.6) is 0 Å². The first kappa shape index (κ1) is 16.7. The second kappa shape index (κ2) is 6.88. The SMILES string of the molecule is Cc1ncsc1C(=O)N1CCC2NCCC2C1.Cl.Cl. The van der Waals surface area contributed by atoms with Crippen LogP contribution in [0.15, 0.2) is 5.51 Å². The quantitative estimate of drug-likeness (QED) is 0.861. The van der Waals surface area contributed by atoms with Gasteiger partial charge in [0, 0.05) is 19.1 Å². The topological polar surface area (TPSA) is 45.2 Å². The molecule has 2 saturated heterocycles. The summed E-state index contributed by atoms with van der Waals surface area (Å²) in [4.78, 5) is 19.3. The van der Waals surface area contributed by atoms with Gasteiger partial charge in [0.25, 0.3) is 5.91 Å². The molecule has 1 aromatic heterocycles. The van der Waals surface area contributed by atoms with Gasteiger partial charge in [-0.3, -0.25) is 4.79 Å².